The molecule has 1 atom stereocenters. The van der Waals surface area contributed by atoms with Crippen LogP contribution in [0.3, 0.4) is 0 Å². The summed E-state index contributed by atoms with van der Waals surface area (Å²) in [6.07, 6.45) is 2.01. The number of nitrogens with one attached hydrogen (secondary N) is 1. The minimum Gasteiger partial charge on any atom is -0.489 e. The lowest BCUT2D eigenvalue weighted by molar-refractivity contribution is 0.0681. The number of benzene rings is 1. The monoisotopic (exact) mass is 381 g/mol. The Bertz CT molecular complexity index is 785. The maximum atomic E-state index is 12.4. The minimum atomic E-state index is -1.06. The van der Waals surface area contributed by atoms with Crippen LogP contribution in [0.1, 0.15) is 32.2 Å². The molecule has 0 bridgehead atoms. The van der Waals surface area contributed by atoms with E-state index in [0.29, 0.717) is 27.9 Å². The standard InChI is InChI=1S/C17H16ClNO5S/c18-10-3-4-13(24-9-11-2-1-7-23-11)12(8-10)19-16(20)14-5-6-15(25-14)17(21)22/h3-6,8,11H,1-2,7,9H2,(H,19,20)(H,21,22). The lowest BCUT2D eigenvalue weighted by atomic mass is 10.2. The van der Waals surface area contributed by atoms with Crippen LogP contribution in [0, 0.1) is 0 Å². The molecule has 8 heteroatoms. The predicted octanol–water partition coefficient (Wildman–Crippen LogP) is 3.91. The molecule has 1 saturated heterocycles. The van der Waals surface area contributed by atoms with Gasteiger partial charge in [-0.15, -0.1) is 11.3 Å². The molecule has 0 radical (unpaired) electrons. The van der Waals surface area contributed by atoms with Gasteiger partial charge in [0, 0.05) is 11.6 Å². The lowest BCUT2D eigenvalue weighted by Gasteiger charge is -2.15. The number of carboxylic acid groups (broad SMARTS) is 1. The van der Waals surface area contributed by atoms with Crippen molar-refractivity contribution in [3.63, 3.8) is 0 Å². The van der Waals surface area contributed by atoms with Crippen LogP contribution in [0.4, 0.5) is 5.69 Å². The van der Waals surface area contributed by atoms with E-state index < -0.39 is 11.9 Å². The molecule has 1 aromatic heterocycles. The molecule has 1 unspecified atom stereocenters. The first kappa shape index (κ1) is 17.7. The molecule has 1 aliphatic rings. The average molecular weight is 382 g/mol. The fourth-order valence-corrected chi connectivity index (χ4v) is 3.36. The van der Waals surface area contributed by atoms with Crippen molar-refractivity contribution in [3.05, 3.63) is 45.1 Å². The van der Waals surface area contributed by atoms with Crippen LogP contribution < -0.4 is 10.1 Å². The third kappa shape index (κ3) is 4.50. The molecule has 2 aromatic rings. The van der Waals surface area contributed by atoms with Gasteiger partial charge in [-0.05, 0) is 43.2 Å². The molecule has 3 rings (SSSR count). The fraction of sp³-hybridized carbons (Fsp3) is 0.294. The van der Waals surface area contributed by atoms with Crippen LogP contribution in [0.15, 0.2) is 30.3 Å². The number of carboxylic acids is 1. The van der Waals surface area contributed by atoms with Crippen molar-refractivity contribution in [1.29, 1.82) is 0 Å². The van der Waals surface area contributed by atoms with Crippen LogP contribution in [-0.2, 0) is 4.74 Å². The van der Waals surface area contributed by atoms with E-state index in [-0.39, 0.29) is 11.0 Å². The topological polar surface area (TPSA) is 84.9 Å². The van der Waals surface area contributed by atoms with Gasteiger partial charge in [0.1, 0.15) is 17.2 Å². The van der Waals surface area contributed by atoms with Crippen molar-refractivity contribution >= 4 is 40.5 Å². The summed E-state index contributed by atoms with van der Waals surface area (Å²) in [7, 11) is 0. The smallest absolute Gasteiger partial charge is 0.345 e. The Morgan fingerprint density at radius 3 is 2.80 bits per heavy atom. The molecule has 0 saturated carbocycles. The number of thiophene rings is 1. The Morgan fingerprint density at radius 1 is 1.32 bits per heavy atom. The van der Waals surface area contributed by atoms with Crippen LogP contribution in [0.25, 0.3) is 0 Å². The van der Waals surface area contributed by atoms with Gasteiger partial charge in [0.15, 0.2) is 0 Å². The minimum absolute atomic E-state index is 0.0506. The first-order chi connectivity index (χ1) is 12.0. The van der Waals surface area contributed by atoms with E-state index in [4.69, 9.17) is 26.2 Å². The quantitative estimate of drug-likeness (QED) is 0.792. The van der Waals surface area contributed by atoms with E-state index >= 15 is 0 Å². The number of hydrogen-bond acceptors (Lipinski definition) is 5. The first-order valence-electron chi connectivity index (χ1n) is 7.71. The summed E-state index contributed by atoms with van der Waals surface area (Å²) in [6, 6.07) is 7.82. The van der Waals surface area contributed by atoms with E-state index in [2.05, 4.69) is 5.32 Å². The number of amides is 1. The molecule has 6 nitrogen and oxygen atoms in total. The van der Waals surface area contributed by atoms with Crippen molar-refractivity contribution in [2.75, 3.05) is 18.5 Å². The van der Waals surface area contributed by atoms with E-state index in [9.17, 15) is 9.59 Å². The normalized spacial score (nSPS) is 16.6. The number of halogens is 1. The summed E-state index contributed by atoms with van der Waals surface area (Å²) in [5.41, 5.74) is 0.431. The predicted molar refractivity (Wildman–Crippen MR) is 95.2 cm³/mol. The Morgan fingerprint density at radius 2 is 2.12 bits per heavy atom. The molecule has 0 spiro atoms. The number of rotatable bonds is 6. The maximum Gasteiger partial charge on any atom is 0.345 e. The van der Waals surface area contributed by atoms with Gasteiger partial charge >= 0.3 is 5.97 Å². The second-order valence-electron chi connectivity index (χ2n) is 5.51. The first-order valence-corrected chi connectivity index (χ1v) is 8.91. The highest BCUT2D eigenvalue weighted by Crippen LogP contribution is 2.30. The van der Waals surface area contributed by atoms with Crippen LogP contribution in [0.5, 0.6) is 5.75 Å². The van der Waals surface area contributed by atoms with Crippen molar-refractivity contribution in [3.8, 4) is 5.75 Å². The largest absolute Gasteiger partial charge is 0.489 e. The second kappa shape index (κ2) is 7.86. The molecular weight excluding hydrogens is 366 g/mol. The van der Waals surface area contributed by atoms with Crippen LogP contribution in [0.2, 0.25) is 5.02 Å². The number of aromatic carboxylic acids is 1. The molecule has 0 aliphatic carbocycles. The summed E-state index contributed by atoms with van der Waals surface area (Å²) >= 11 is 6.92. The summed E-state index contributed by atoms with van der Waals surface area (Å²) in [5, 5.41) is 12.1. The number of carbonyl (C=O) groups excluding carboxylic acids is 1. The van der Waals surface area contributed by atoms with Gasteiger partial charge in [-0.2, -0.15) is 0 Å². The second-order valence-corrected chi connectivity index (χ2v) is 7.03. The highest BCUT2D eigenvalue weighted by Gasteiger charge is 2.18. The van der Waals surface area contributed by atoms with Crippen molar-refractivity contribution in [2.24, 2.45) is 0 Å². The number of anilines is 1. The summed E-state index contributed by atoms with van der Waals surface area (Å²) in [4.78, 5) is 23.7. The van der Waals surface area contributed by atoms with Gasteiger partial charge < -0.3 is 19.9 Å². The molecule has 1 amide bonds. The van der Waals surface area contributed by atoms with Crippen molar-refractivity contribution in [1.82, 2.24) is 0 Å². The fourth-order valence-electron chi connectivity index (χ4n) is 2.44. The number of ether oxygens (including phenoxy) is 2. The zero-order valence-corrected chi connectivity index (χ0v) is 14.7. The SMILES string of the molecule is O=C(O)c1ccc(C(=O)Nc2cc(Cl)ccc2OCC2CCCO2)s1. The highest BCUT2D eigenvalue weighted by molar-refractivity contribution is 7.15. The molecular formula is C17H16ClNO5S. The van der Waals surface area contributed by atoms with Gasteiger partial charge in [-0.3, -0.25) is 4.79 Å². The molecule has 2 N–H and O–H groups in total. The third-order valence-corrected chi connectivity index (χ3v) is 4.99. The van der Waals surface area contributed by atoms with Gasteiger partial charge in [-0.1, -0.05) is 11.6 Å². The van der Waals surface area contributed by atoms with Crippen LogP contribution in [-0.4, -0.2) is 36.3 Å². The third-order valence-electron chi connectivity index (χ3n) is 3.68. The Balaban J connectivity index is 1.72. The Kier molecular flexibility index (Phi) is 5.57. The van der Waals surface area contributed by atoms with E-state index in [1.165, 1.54) is 12.1 Å². The number of carbonyl (C=O) groups is 2. The van der Waals surface area contributed by atoms with E-state index in [1.807, 2.05) is 0 Å². The molecule has 25 heavy (non-hydrogen) atoms. The summed E-state index contributed by atoms with van der Waals surface area (Å²) < 4.78 is 11.3. The number of hydrogen-bond donors (Lipinski definition) is 2. The molecule has 2 heterocycles. The molecule has 132 valence electrons. The van der Waals surface area contributed by atoms with Crippen LogP contribution >= 0.6 is 22.9 Å². The lowest BCUT2D eigenvalue weighted by Crippen LogP contribution is -2.18. The Hall–Kier alpha value is -2.09. The van der Waals surface area contributed by atoms with E-state index in [1.54, 1.807) is 18.2 Å². The summed E-state index contributed by atoms with van der Waals surface area (Å²) in [5.74, 6) is -0.989. The van der Waals surface area contributed by atoms with Gasteiger partial charge in [0.2, 0.25) is 0 Å². The summed E-state index contributed by atoms with van der Waals surface area (Å²) in [6.45, 7) is 1.13. The zero-order valence-electron chi connectivity index (χ0n) is 13.2. The zero-order chi connectivity index (χ0) is 17.8. The average Bonchev–Trinajstić information content (AvgIpc) is 3.26. The van der Waals surface area contributed by atoms with Gasteiger partial charge in [-0.25, -0.2) is 4.79 Å². The molecule has 1 aromatic carbocycles. The highest BCUT2D eigenvalue weighted by atomic mass is 35.5. The van der Waals surface area contributed by atoms with Crippen molar-refractivity contribution in [2.45, 2.75) is 18.9 Å². The van der Waals surface area contributed by atoms with E-state index in [0.717, 1.165) is 30.8 Å². The van der Waals surface area contributed by atoms with Gasteiger partial charge in [0.25, 0.3) is 5.91 Å². The Labute approximate surface area is 153 Å². The molecule has 1 fully saturated rings. The van der Waals surface area contributed by atoms with Crippen molar-refractivity contribution < 1.29 is 24.2 Å². The van der Waals surface area contributed by atoms with Gasteiger partial charge in [0.05, 0.1) is 16.7 Å². The molecule has 1 aliphatic heterocycles. The maximum absolute atomic E-state index is 12.4.